The number of rotatable bonds is 7. The second-order valence-electron chi connectivity index (χ2n) is 7.70. The summed E-state index contributed by atoms with van der Waals surface area (Å²) in [6.45, 7) is 2.38. The molecule has 2 amide bonds. The number of nitrogens with one attached hydrogen (secondary N) is 1. The molecule has 168 valence electrons. The predicted octanol–water partition coefficient (Wildman–Crippen LogP) is 4.69. The highest BCUT2D eigenvalue weighted by molar-refractivity contribution is 6.46. The Morgan fingerprint density at radius 2 is 1.64 bits per heavy atom. The lowest BCUT2D eigenvalue weighted by molar-refractivity contribution is -0.120. The molecular formula is C26H24FN3O3. The molecule has 1 N–H and O–H groups in total. The largest absolute Gasteiger partial charge is 0.494 e. The van der Waals surface area contributed by atoms with E-state index in [0.29, 0.717) is 29.3 Å². The Morgan fingerprint density at radius 1 is 0.939 bits per heavy atom. The summed E-state index contributed by atoms with van der Waals surface area (Å²) in [4.78, 5) is 30.0. The van der Waals surface area contributed by atoms with Crippen molar-refractivity contribution in [1.29, 1.82) is 0 Å². The number of hydrogen-bond acceptors (Lipinski definition) is 5. The molecule has 3 aromatic rings. The summed E-state index contributed by atoms with van der Waals surface area (Å²) >= 11 is 0. The van der Waals surface area contributed by atoms with E-state index in [1.807, 2.05) is 44.1 Å². The molecule has 7 heteroatoms. The highest BCUT2D eigenvalue weighted by Gasteiger charge is 2.40. The lowest BCUT2D eigenvalue weighted by atomic mass is 10.0. The first-order valence-electron chi connectivity index (χ1n) is 10.6. The van der Waals surface area contributed by atoms with Gasteiger partial charge in [0, 0.05) is 31.5 Å². The van der Waals surface area contributed by atoms with Crippen LogP contribution in [-0.4, -0.2) is 32.5 Å². The van der Waals surface area contributed by atoms with Gasteiger partial charge in [-0.05, 0) is 61.0 Å². The smallest absolute Gasteiger partial charge is 0.282 e. The fraction of sp³-hybridized carbons (Fsp3) is 0.154. The van der Waals surface area contributed by atoms with Crippen molar-refractivity contribution in [3.05, 3.63) is 89.9 Å². The number of anilines is 3. The second-order valence-corrected chi connectivity index (χ2v) is 7.70. The lowest BCUT2D eigenvalue weighted by Crippen LogP contribution is -2.32. The Hall–Kier alpha value is -4.13. The first kappa shape index (κ1) is 22.1. The van der Waals surface area contributed by atoms with E-state index in [9.17, 15) is 14.0 Å². The van der Waals surface area contributed by atoms with Gasteiger partial charge < -0.3 is 15.0 Å². The zero-order valence-electron chi connectivity index (χ0n) is 18.6. The van der Waals surface area contributed by atoms with Crippen LogP contribution in [0.2, 0.25) is 0 Å². The molecule has 6 nitrogen and oxygen atoms in total. The minimum Gasteiger partial charge on any atom is -0.494 e. The maximum atomic E-state index is 13.5. The summed E-state index contributed by atoms with van der Waals surface area (Å²) < 4.78 is 19.1. The molecular weight excluding hydrogens is 421 g/mol. The third kappa shape index (κ3) is 4.43. The Morgan fingerprint density at radius 3 is 2.27 bits per heavy atom. The van der Waals surface area contributed by atoms with Crippen molar-refractivity contribution in [2.45, 2.75) is 6.92 Å². The number of halogens is 1. The number of hydrogen-bond donors (Lipinski definition) is 1. The Balaban J connectivity index is 1.76. The molecule has 4 rings (SSSR count). The van der Waals surface area contributed by atoms with Crippen molar-refractivity contribution in [1.82, 2.24) is 0 Å². The summed E-state index contributed by atoms with van der Waals surface area (Å²) in [7, 11) is 3.82. The molecule has 0 saturated heterocycles. The van der Waals surface area contributed by atoms with E-state index >= 15 is 0 Å². The Kier molecular flexibility index (Phi) is 6.13. The van der Waals surface area contributed by atoms with Crippen molar-refractivity contribution >= 4 is 34.4 Å². The highest BCUT2D eigenvalue weighted by atomic mass is 19.1. The molecule has 3 aromatic carbocycles. The topological polar surface area (TPSA) is 61.9 Å². The van der Waals surface area contributed by atoms with Crippen molar-refractivity contribution < 1.29 is 18.7 Å². The van der Waals surface area contributed by atoms with Crippen molar-refractivity contribution in [3.8, 4) is 5.75 Å². The Labute approximate surface area is 191 Å². The average molecular weight is 445 g/mol. The van der Waals surface area contributed by atoms with Crippen LogP contribution in [0.1, 0.15) is 12.5 Å². The summed E-state index contributed by atoms with van der Waals surface area (Å²) in [5.74, 6) is -0.753. The fourth-order valence-corrected chi connectivity index (χ4v) is 3.64. The van der Waals surface area contributed by atoms with Gasteiger partial charge in [0.05, 0.1) is 17.9 Å². The molecule has 0 fully saturated rings. The molecule has 0 radical (unpaired) electrons. The first-order chi connectivity index (χ1) is 15.9. The summed E-state index contributed by atoms with van der Waals surface area (Å²) in [6, 6.07) is 19.8. The highest BCUT2D eigenvalue weighted by Crippen LogP contribution is 2.34. The predicted molar refractivity (Wildman–Crippen MR) is 128 cm³/mol. The van der Waals surface area contributed by atoms with E-state index in [2.05, 4.69) is 5.32 Å². The van der Waals surface area contributed by atoms with Crippen molar-refractivity contribution in [2.75, 3.05) is 35.8 Å². The zero-order valence-corrected chi connectivity index (χ0v) is 18.6. The van der Waals surface area contributed by atoms with E-state index in [1.165, 1.54) is 24.3 Å². The van der Waals surface area contributed by atoms with Crippen LogP contribution in [-0.2, 0) is 9.59 Å². The van der Waals surface area contributed by atoms with E-state index < -0.39 is 17.6 Å². The van der Waals surface area contributed by atoms with Crippen LogP contribution in [0.3, 0.4) is 0 Å². The van der Waals surface area contributed by atoms with Gasteiger partial charge in [-0.3, -0.25) is 9.59 Å². The van der Waals surface area contributed by atoms with Gasteiger partial charge in [-0.25, -0.2) is 9.29 Å². The fourth-order valence-electron chi connectivity index (χ4n) is 3.64. The van der Waals surface area contributed by atoms with E-state index in [4.69, 9.17) is 4.74 Å². The molecule has 0 atom stereocenters. The van der Waals surface area contributed by atoms with Crippen molar-refractivity contribution in [3.63, 3.8) is 0 Å². The number of benzene rings is 3. The van der Waals surface area contributed by atoms with Crippen LogP contribution in [0.4, 0.5) is 21.5 Å². The van der Waals surface area contributed by atoms with Gasteiger partial charge in [0.25, 0.3) is 11.8 Å². The molecule has 1 aliphatic heterocycles. The maximum absolute atomic E-state index is 13.5. The SMILES string of the molecule is CCOc1cccc(NC2=C(c3ccc(F)cc3)C(=O)N(c3ccc(N(C)C)cc3)C2=O)c1. The zero-order chi connectivity index (χ0) is 23.5. The van der Waals surface area contributed by atoms with Gasteiger partial charge in [0.1, 0.15) is 17.3 Å². The standard InChI is InChI=1S/C26H24FN3O3/c1-4-33-22-7-5-6-19(16-22)28-24-23(17-8-10-18(27)11-9-17)25(31)30(26(24)32)21-14-12-20(13-15-21)29(2)3/h5-16,28H,4H2,1-3H3. The molecule has 0 aliphatic carbocycles. The van der Waals surface area contributed by atoms with Crippen LogP contribution in [0, 0.1) is 5.82 Å². The summed E-state index contributed by atoms with van der Waals surface area (Å²) in [6.07, 6.45) is 0. The molecule has 0 unspecified atom stereocenters. The quantitative estimate of drug-likeness (QED) is 0.535. The third-order valence-corrected chi connectivity index (χ3v) is 5.26. The van der Waals surface area contributed by atoms with Crippen LogP contribution in [0.15, 0.2) is 78.5 Å². The molecule has 0 aromatic heterocycles. The van der Waals surface area contributed by atoms with E-state index in [0.717, 1.165) is 10.6 Å². The van der Waals surface area contributed by atoms with Gasteiger partial charge in [-0.1, -0.05) is 18.2 Å². The number of ether oxygens (including phenoxy) is 1. The minimum atomic E-state index is -0.487. The monoisotopic (exact) mass is 445 g/mol. The van der Waals surface area contributed by atoms with Gasteiger partial charge in [-0.2, -0.15) is 0 Å². The Bertz CT molecular complexity index is 1220. The third-order valence-electron chi connectivity index (χ3n) is 5.26. The number of nitrogens with zero attached hydrogens (tertiary/aromatic N) is 2. The van der Waals surface area contributed by atoms with Gasteiger partial charge in [0.2, 0.25) is 0 Å². The number of amides is 2. The maximum Gasteiger partial charge on any atom is 0.282 e. The molecule has 0 saturated carbocycles. The minimum absolute atomic E-state index is 0.122. The average Bonchev–Trinajstić information content (AvgIpc) is 3.04. The van der Waals surface area contributed by atoms with Crippen molar-refractivity contribution in [2.24, 2.45) is 0 Å². The molecule has 1 heterocycles. The molecule has 0 bridgehead atoms. The second kappa shape index (κ2) is 9.16. The van der Waals surface area contributed by atoms with Crippen LogP contribution in [0.5, 0.6) is 5.75 Å². The first-order valence-corrected chi connectivity index (χ1v) is 10.6. The molecule has 1 aliphatic rings. The summed E-state index contributed by atoms with van der Waals surface area (Å²) in [5, 5.41) is 3.10. The van der Waals surface area contributed by atoms with Crippen LogP contribution < -0.4 is 19.9 Å². The molecule has 33 heavy (non-hydrogen) atoms. The van der Waals surface area contributed by atoms with Gasteiger partial charge in [0.15, 0.2) is 0 Å². The number of carbonyl (C=O) groups excluding carboxylic acids is 2. The number of carbonyl (C=O) groups is 2. The van der Waals surface area contributed by atoms with E-state index in [1.54, 1.807) is 30.3 Å². The van der Waals surface area contributed by atoms with E-state index in [-0.39, 0.29) is 11.3 Å². The van der Waals surface area contributed by atoms with Gasteiger partial charge >= 0.3 is 0 Å². The normalized spacial score (nSPS) is 13.5. The number of imide groups is 1. The molecule has 0 spiro atoms. The van der Waals surface area contributed by atoms with Crippen LogP contribution in [0.25, 0.3) is 5.57 Å². The lowest BCUT2D eigenvalue weighted by Gasteiger charge is -2.18. The summed E-state index contributed by atoms with van der Waals surface area (Å²) in [5.41, 5.74) is 2.74. The van der Waals surface area contributed by atoms with Crippen LogP contribution >= 0.6 is 0 Å². The van der Waals surface area contributed by atoms with Gasteiger partial charge in [-0.15, -0.1) is 0 Å².